The van der Waals surface area contributed by atoms with Crippen LogP contribution in [0.5, 0.6) is 0 Å². The maximum atomic E-state index is 9.75. The molecule has 0 fully saturated rings. The highest BCUT2D eigenvalue weighted by molar-refractivity contribution is 6.21. The third-order valence-electron chi connectivity index (χ3n) is 4.78. The van der Waals surface area contributed by atoms with E-state index in [1.165, 1.54) is 0 Å². The summed E-state index contributed by atoms with van der Waals surface area (Å²) in [6, 6.07) is 27.8. The van der Waals surface area contributed by atoms with Gasteiger partial charge < -0.3 is 0 Å². The number of halogens is 2. The minimum atomic E-state index is -1.25. The Bertz CT molecular complexity index is 988. The first-order chi connectivity index (χ1) is 13.1. The van der Waals surface area contributed by atoms with Gasteiger partial charge in [0.05, 0.1) is 22.9 Å². The lowest BCUT2D eigenvalue weighted by atomic mass is 9.79. The lowest BCUT2D eigenvalue weighted by molar-refractivity contribution is 0.427. The Hall–Kier alpha value is -2.52. The zero-order chi connectivity index (χ0) is 19.3. The highest BCUT2D eigenvalue weighted by atomic mass is 35.5. The molecular formula is C23H18Cl2N2. The second-order valence-corrected chi connectivity index (χ2v) is 7.72. The number of alkyl halides is 2. The molecule has 0 spiro atoms. The van der Waals surface area contributed by atoms with Gasteiger partial charge in [0.25, 0.3) is 0 Å². The van der Waals surface area contributed by atoms with Crippen molar-refractivity contribution in [2.75, 3.05) is 0 Å². The van der Waals surface area contributed by atoms with E-state index in [2.05, 4.69) is 12.1 Å². The number of hydrogen-bond donors (Lipinski definition) is 0. The molecule has 0 bridgehead atoms. The van der Waals surface area contributed by atoms with Crippen LogP contribution in [0.1, 0.15) is 34.7 Å². The fraction of sp³-hybridized carbons (Fsp3) is 0.217. The van der Waals surface area contributed by atoms with Crippen LogP contribution < -0.4 is 0 Å². The van der Waals surface area contributed by atoms with Gasteiger partial charge in [-0.1, -0.05) is 66.7 Å². The monoisotopic (exact) mass is 392 g/mol. The lowest BCUT2D eigenvalue weighted by Gasteiger charge is -2.24. The summed E-state index contributed by atoms with van der Waals surface area (Å²) >= 11 is 13.1. The van der Waals surface area contributed by atoms with Crippen molar-refractivity contribution in [2.24, 2.45) is 5.41 Å². The van der Waals surface area contributed by atoms with Gasteiger partial charge >= 0.3 is 0 Å². The first-order valence-corrected chi connectivity index (χ1v) is 9.58. The van der Waals surface area contributed by atoms with E-state index in [1.54, 1.807) is 0 Å². The molecule has 0 saturated heterocycles. The Morgan fingerprint density at radius 3 is 1.89 bits per heavy atom. The Labute approximate surface area is 169 Å². The fourth-order valence-electron chi connectivity index (χ4n) is 3.20. The smallest absolute Gasteiger partial charge is 0.147 e. The van der Waals surface area contributed by atoms with E-state index < -0.39 is 16.2 Å². The van der Waals surface area contributed by atoms with E-state index in [9.17, 15) is 10.5 Å². The summed E-state index contributed by atoms with van der Waals surface area (Å²) < 4.78 is 0. The van der Waals surface area contributed by atoms with Gasteiger partial charge in [-0.25, -0.2) is 0 Å². The number of fused-ring (bicyclic) bond motifs is 1. The molecule has 0 aliphatic carbocycles. The molecule has 4 heteroatoms. The summed E-state index contributed by atoms with van der Waals surface area (Å²) in [5.41, 5.74) is 0.544. The average Bonchev–Trinajstić information content (AvgIpc) is 2.73. The number of benzene rings is 3. The van der Waals surface area contributed by atoms with E-state index in [0.29, 0.717) is 0 Å². The maximum absolute atomic E-state index is 9.75. The molecule has 134 valence electrons. The SMILES string of the molecule is N#CC(C#N)(CC(Cl)c1ccccc1)CC(Cl)c1ccc2ccccc2c1. The molecule has 27 heavy (non-hydrogen) atoms. The first kappa shape index (κ1) is 19.2. The molecule has 3 rings (SSSR count). The van der Waals surface area contributed by atoms with Crippen molar-refractivity contribution in [3.63, 3.8) is 0 Å². The van der Waals surface area contributed by atoms with Crippen LogP contribution in [-0.2, 0) is 0 Å². The van der Waals surface area contributed by atoms with E-state index in [0.717, 1.165) is 21.9 Å². The maximum Gasteiger partial charge on any atom is 0.147 e. The first-order valence-electron chi connectivity index (χ1n) is 8.71. The minimum absolute atomic E-state index is 0.218. The van der Waals surface area contributed by atoms with Crippen molar-refractivity contribution < 1.29 is 0 Å². The van der Waals surface area contributed by atoms with Crippen LogP contribution in [0.2, 0.25) is 0 Å². The molecule has 3 aromatic rings. The molecule has 2 atom stereocenters. The molecule has 3 aromatic carbocycles. The molecule has 0 heterocycles. The van der Waals surface area contributed by atoms with Crippen LogP contribution in [0, 0.1) is 28.1 Å². The minimum Gasteiger partial charge on any atom is -0.197 e. The predicted octanol–water partition coefficient (Wildman–Crippen LogP) is 6.91. The summed E-state index contributed by atoms with van der Waals surface area (Å²) in [6.07, 6.45) is 0.443. The number of nitriles is 2. The van der Waals surface area contributed by atoms with Gasteiger partial charge in [0.15, 0.2) is 0 Å². The fourth-order valence-corrected chi connectivity index (χ4v) is 4.01. The molecule has 0 radical (unpaired) electrons. The van der Waals surface area contributed by atoms with Crippen molar-refractivity contribution in [1.82, 2.24) is 0 Å². The van der Waals surface area contributed by atoms with Crippen molar-refractivity contribution in [1.29, 1.82) is 10.5 Å². The summed E-state index contributed by atoms with van der Waals surface area (Å²) in [4.78, 5) is 0. The van der Waals surface area contributed by atoms with E-state index in [1.807, 2.05) is 72.8 Å². The Kier molecular flexibility index (Phi) is 6.02. The van der Waals surface area contributed by atoms with E-state index >= 15 is 0 Å². The van der Waals surface area contributed by atoms with Gasteiger partial charge in [-0.05, 0) is 40.8 Å². The molecule has 2 unspecified atom stereocenters. The molecular weight excluding hydrogens is 375 g/mol. The van der Waals surface area contributed by atoms with Crippen molar-refractivity contribution in [3.05, 3.63) is 83.9 Å². The highest BCUT2D eigenvalue weighted by Gasteiger charge is 2.36. The van der Waals surface area contributed by atoms with Gasteiger partial charge in [-0.2, -0.15) is 10.5 Å². The average molecular weight is 393 g/mol. The summed E-state index contributed by atoms with van der Waals surface area (Å²) in [5.74, 6) is 0. The van der Waals surface area contributed by atoms with Crippen LogP contribution in [0.4, 0.5) is 0 Å². The van der Waals surface area contributed by atoms with Crippen molar-refractivity contribution in [3.8, 4) is 12.1 Å². The second kappa shape index (κ2) is 8.45. The highest BCUT2D eigenvalue weighted by Crippen LogP contribution is 2.42. The van der Waals surface area contributed by atoms with Gasteiger partial charge in [-0.3, -0.25) is 0 Å². The quantitative estimate of drug-likeness (QED) is 0.427. The van der Waals surface area contributed by atoms with E-state index in [4.69, 9.17) is 23.2 Å². The normalized spacial score (nSPS) is 13.5. The standard InChI is InChI=1S/C23H18Cl2N2/c24-21(18-7-2-1-3-8-18)13-23(15-26,16-27)14-22(25)20-11-10-17-6-4-5-9-19(17)12-20/h1-12,21-22H,13-14H2. The zero-order valence-corrected chi connectivity index (χ0v) is 16.2. The Balaban J connectivity index is 1.82. The largest absolute Gasteiger partial charge is 0.197 e. The predicted molar refractivity (Wildman–Crippen MR) is 110 cm³/mol. The molecule has 0 aliphatic rings. The van der Waals surface area contributed by atoms with Crippen LogP contribution in [0.3, 0.4) is 0 Å². The Morgan fingerprint density at radius 2 is 1.26 bits per heavy atom. The summed E-state index contributed by atoms with van der Waals surface area (Å²) in [7, 11) is 0. The van der Waals surface area contributed by atoms with Gasteiger partial charge in [0, 0.05) is 0 Å². The topological polar surface area (TPSA) is 47.6 Å². The van der Waals surface area contributed by atoms with E-state index in [-0.39, 0.29) is 12.8 Å². The molecule has 0 aromatic heterocycles. The van der Waals surface area contributed by atoms with Crippen LogP contribution in [0.25, 0.3) is 10.8 Å². The Morgan fingerprint density at radius 1 is 0.704 bits per heavy atom. The molecule has 0 saturated carbocycles. The third-order valence-corrected chi connectivity index (χ3v) is 5.59. The molecule has 0 aliphatic heterocycles. The van der Waals surface area contributed by atoms with Crippen LogP contribution in [-0.4, -0.2) is 0 Å². The number of hydrogen-bond acceptors (Lipinski definition) is 2. The van der Waals surface area contributed by atoms with Gasteiger partial charge in [0.1, 0.15) is 5.41 Å². The third kappa shape index (κ3) is 4.42. The molecule has 0 amide bonds. The second-order valence-electron chi connectivity index (χ2n) is 6.67. The molecule has 0 N–H and O–H groups in total. The number of nitrogens with zero attached hydrogens (tertiary/aromatic N) is 2. The van der Waals surface area contributed by atoms with Crippen LogP contribution in [0.15, 0.2) is 72.8 Å². The molecule has 2 nitrogen and oxygen atoms in total. The van der Waals surface area contributed by atoms with Crippen LogP contribution >= 0.6 is 23.2 Å². The van der Waals surface area contributed by atoms with Gasteiger partial charge in [-0.15, -0.1) is 23.2 Å². The zero-order valence-electron chi connectivity index (χ0n) is 14.6. The van der Waals surface area contributed by atoms with Gasteiger partial charge in [0.2, 0.25) is 0 Å². The lowest BCUT2D eigenvalue weighted by Crippen LogP contribution is -2.20. The number of rotatable bonds is 6. The summed E-state index contributed by atoms with van der Waals surface area (Å²) in [5, 5.41) is 20.8. The van der Waals surface area contributed by atoms with Crippen molar-refractivity contribution in [2.45, 2.75) is 23.6 Å². The summed E-state index contributed by atoms with van der Waals surface area (Å²) in [6.45, 7) is 0. The van der Waals surface area contributed by atoms with Crippen molar-refractivity contribution >= 4 is 34.0 Å².